The summed E-state index contributed by atoms with van der Waals surface area (Å²) in [5, 5.41) is 10.4. The van der Waals surface area contributed by atoms with Crippen LogP contribution in [0.3, 0.4) is 0 Å². The van der Waals surface area contributed by atoms with Crippen molar-refractivity contribution in [2.45, 2.75) is 32.5 Å². The zero-order chi connectivity index (χ0) is 20.9. The van der Waals surface area contributed by atoms with Crippen molar-refractivity contribution in [1.82, 2.24) is 0 Å². The van der Waals surface area contributed by atoms with Gasteiger partial charge >= 0.3 is 6.36 Å². The molecule has 0 bridgehead atoms. The summed E-state index contributed by atoms with van der Waals surface area (Å²) in [5.41, 5.74) is -0.273. The van der Waals surface area contributed by atoms with E-state index in [0.29, 0.717) is 17.6 Å². The van der Waals surface area contributed by atoms with Gasteiger partial charge in [0.25, 0.3) is 0 Å². The molecule has 0 amide bonds. The Labute approximate surface area is 160 Å². The molecule has 7 heteroatoms. The number of hydrogen-bond donors (Lipinski definition) is 1. The van der Waals surface area contributed by atoms with Crippen molar-refractivity contribution >= 4 is 11.6 Å². The molecule has 1 N–H and O–H groups in total. The fraction of sp³-hybridized carbons (Fsp3) is 0.333. The van der Waals surface area contributed by atoms with Crippen LogP contribution in [0.2, 0.25) is 0 Å². The third-order valence-corrected chi connectivity index (χ3v) is 5.61. The van der Waals surface area contributed by atoms with Gasteiger partial charge in [-0.15, -0.1) is 13.2 Å². The van der Waals surface area contributed by atoms with Crippen molar-refractivity contribution in [3.8, 4) is 11.5 Å². The van der Waals surface area contributed by atoms with Crippen LogP contribution in [-0.2, 0) is 9.59 Å². The highest BCUT2D eigenvalue weighted by atomic mass is 19.4. The second-order valence-corrected chi connectivity index (χ2v) is 7.24. The van der Waals surface area contributed by atoms with Gasteiger partial charge in [0.2, 0.25) is 0 Å². The summed E-state index contributed by atoms with van der Waals surface area (Å²) in [6.07, 6.45) is -0.0915. The fourth-order valence-corrected chi connectivity index (χ4v) is 4.22. The number of Topliss-reactive ketones (excluding diaryl/α,β-unsaturated/α-hetero) is 1. The molecule has 28 heavy (non-hydrogen) atoms. The number of ketones is 2. The topological polar surface area (TPSA) is 63.6 Å². The molecule has 2 aliphatic carbocycles. The van der Waals surface area contributed by atoms with Crippen molar-refractivity contribution in [3.63, 3.8) is 0 Å². The van der Waals surface area contributed by atoms with Crippen LogP contribution in [0.1, 0.15) is 31.7 Å². The van der Waals surface area contributed by atoms with E-state index < -0.39 is 29.4 Å². The zero-order valence-electron chi connectivity index (χ0n) is 15.3. The van der Waals surface area contributed by atoms with Crippen LogP contribution in [0.15, 0.2) is 54.2 Å². The van der Waals surface area contributed by atoms with Crippen LogP contribution in [0.4, 0.5) is 13.2 Å². The quantitative estimate of drug-likeness (QED) is 0.816. The highest BCUT2D eigenvalue weighted by Gasteiger charge is 2.55. The maximum atomic E-state index is 13.0. The van der Waals surface area contributed by atoms with E-state index in [9.17, 15) is 27.9 Å². The Hall–Kier alpha value is -2.83. The molecule has 0 aromatic heterocycles. The number of carbonyl (C=O) groups is 2. The molecule has 0 radical (unpaired) electrons. The minimum absolute atomic E-state index is 0.0780. The van der Waals surface area contributed by atoms with Crippen LogP contribution in [-0.4, -0.2) is 23.0 Å². The molecule has 3 rings (SSSR count). The van der Waals surface area contributed by atoms with E-state index >= 15 is 0 Å². The summed E-state index contributed by atoms with van der Waals surface area (Å²) in [6, 6.07) is 3.13. The average molecular weight is 392 g/mol. The maximum Gasteiger partial charge on any atom is 0.573 e. The summed E-state index contributed by atoms with van der Waals surface area (Å²) in [4.78, 5) is 25.7. The van der Waals surface area contributed by atoms with Crippen molar-refractivity contribution in [3.05, 3.63) is 59.7 Å². The van der Waals surface area contributed by atoms with Gasteiger partial charge in [-0.1, -0.05) is 25.7 Å². The zero-order valence-corrected chi connectivity index (χ0v) is 15.3. The molecule has 4 nitrogen and oxygen atoms in total. The van der Waals surface area contributed by atoms with Gasteiger partial charge in [-0.2, -0.15) is 0 Å². The Morgan fingerprint density at radius 3 is 2.61 bits per heavy atom. The first-order valence-electron chi connectivity index (χ1n) is 8.67. The number of hydrogen-bond acceptors (Lipinski definition) is 4. The lowest BCUT2D eigenvalue weighted by Gasteiger charge is -2.47. The van der Waals surface area contributed by atoms with Crippen molar-refractivity contribution in [2.75, 3.05) is 0 Å². The minimum atomic E-state index is -4.90. The standard InChI is InChI=1S/C21H19F3O4/c1-4-12-5-7-15-19(27)11(2)9-17(26)20(15,3)18(12)14-10-13(6-8-16(14)25)28-21(22,23)24/h4-6,8-10,15,18,25H,1,7H2,2-3H3. The third-order valence-electron chi connectivity index (χ3n) is 5.61. The SMILES string of the molecule is C=CC1=CCC2C(=O)C(C)=CC(=O)C2(C)C1c1cc(OC(F)(F)F)ccc1O. The third kappa shape index (κ3) is 3.15. The molecule has 148 valence electrons. The van der Waals surface area contributed by atoms with Crippen LogP contribution >= 0.6 is 0 Å². The number of halogens is 3. The smallest absolute Gasteiger partial charge is 0.508 e. The first-order valence-corrected chi connectivity index (χ1v) is 8.67. The van der Waals surface area contributed by atoms with Gasteiger partial charge in [0.1, 0.15) is 11.5 Å². The number of carbonyl (C=O) groups excluding carboxylic acids is 2. The van der Waals surface area contributed by atoms with E-state index in [4.69, 9.17) is 0 Å². The summed E-state index contributed by atoms with van der Waals surface area (Å²) < 4.78 is 41.9. The Balaban J connectivity index is 2.20. The Morgan fingerprint density at radius 1 is 1.32 bits per heavy atom. The molecule has 1 aromatic rings. The molecule has 3 atom stereocenters. The summed E-state index contributed by atoms with van der Waals surface area (Å²) in [5.74, 6) is -2.83. The lowest BCUT2D eigenvalue weighted by Crippen LogP contribution is -2.49. The molecule has 3 unspecified atom stereocenters. The number of benzene rings is 1. The normalized spacial score (nSPS) is 27.6. The van der Waals surface area contributed by atoms with Gasteiger partial charge < -0.3 is 9.84 Å². The number of alkyl halides is 3. The molecule has 1 aromatic carbocycles. The number of phenols is 1. The van der Waals surface area contributed by atoms with Crippen LogP contribution < -0.4 is 4.74 Å². The Kier molecular flexibility index (Phi) is 4.73. The number of fused-ring (bicyclic) bond motifs is 1. The lowest BCUT2D eigenvalue weighted by molar-refractivity contribution is -0.274. The predicted molar refractivity (Wildman–Crippen MR) is 95.8 cm³/mol. The minimum Gasteiger partial charge on any atom is -0.508 e. The fourth-order valence-electron chi connectivity index (χ4n) is 4.22. The average Bonchev–Trinajstić information content (AvgIpc) is 2.60. The van der Waals surface area contributed by atoms with E-state index in [-0.39, 0.29) is 22.9 Å². The molecule has 2 aliphatic rings. The Bertz CT molecular complexity index is 926. The van der Waals surface area contributed by atoms with Crippen LogP contribution in [0.5, 0.6) is 11.5 Å². The van der Waals surface area contributed by atoms with Crippen molar-refractivity contribution in [1.29, 1.82) is 0 Å². The van der Waals surface area contributed by atoms with Gasteiger partial charge in [0.05, 0.1) is 5.41 Å². The molecule has 0 heterocycles. The molecule has 0 spiro atoms. The summed E-state index contributed by atoms with van der Waals surface area (Å²) in [6.45, 7) is 6.90. The highest BCUT2D eigenvalue weighted by Crippen LogP contribution is 2.56. The van der Waals surface area contributed by atoms with E-state index in [1.54, 1.807) is 19.9 Å². The molecule has 0 aliphatic heterocycles. The number of aromatic hydroxyl groups is 1. The second-order valence-electron chi connectivity index (χ2n) is 7.24. The van der Waals surface area contributed by atoms with Crippen LogP contribution in [0, 0.1) is 11.3 Å². The number of allylic oxidation sites excluding steroid dienone is 5. The first-order chi connectivity index (χ1) is 13.0. The van der Waals surface area contributed by atoms with Gasteiger partial charge in [-0.25, -0.2) is 0 Å². The van der Waals surface area contributed by atoms with E-state index in [1.807, 2.05) is 0 Å². The Morgan fingerprint density at radius 2 is 2.00 bits per heavy atom. The molecule has 0 saturated heterocycles. The first kappa shape index (κ1) is 19.9. The number of rotatable bonds is 3. The molecule has 0 saturated carbocycles. The highest BCUT2D eigenvalue weighted by molar-refractivity contribution is 6.13. The molecule has 0 fully saturated rings. The van der Waals surface area contributed by atoms with E-state index in [2.05, 4.69) is 11.3 Å². The van der Waals surface area contributed by atoms with E-state index in [1.165, 1.54) is 12.2 Å². The van der Waals surface area contributed by atoms with E-state index in [0.717, 1.165) is 18.2 Å². The lowest BCUT2D eigenvalue weighted by atomic mass is 9.53. The van der Waals surface area contributed by atoms with Gasteiger partial charge in [-0.3, -0.25) is 9.59 Å². The van der Waals surface area contributed by atoms with Crippen molar-refractivity contribution < 1.29 is 32.6 Å². The molecular weight excluding hydrogens is 373 g/mol. The predicted octanol–water partition coefficient (Wildman–Crippen LogP) is 4.61. The van der Waals surface area contributed by atoms with Gasteiger partial charge in [0, 0.05) is 17.4 Å². The van der Waals surface area contributed by atoms with Crippen molar-refractivity contribution in [2.24, 2.45) is 11.3 Å². The summed E-state index contributed by atoms with van der Waals surface area (Å²) in [7, 11) is 0. The summed E-state index contributed by atoms with van der Waals surface area (Å²) >= 11 is 0. The monoisotopic (exact) mass is 392 g/mol. The number of phenolic OH excluding ortho intramolecular Hbond substituents is 1. The number of ether oxygens (including phenoxy) is 1. The van der Waals surface area contributed by atoms with Crippen LogP contribution in [0.25, 0.3) is 0 Å². The maximum absolute atomic E-state index is 13.0. The second kappa shape index (κ2) is 6.65. The largest absolute Gasteiger partial charge is 0.573 e. The molecular formula is C21H19F3O4. The van der Waals surface area contributed by atoms with Gasteiger partial charge in [0.15, 0.2) is 11.6 Å². The van der Waals surface area contributed by atoms with Gasteiger partial charge in [-0.05, 0) is 48.8 Å².